The Bertz CT molecular complexity index is 3030. The van der Waals surface area contributed by atoms with E-state index in [4.69, 9.17) is 0 Å². The van der Waals surface area contributed by atoms with Gasteiger partial charge in [-0.25, -0.2) is 0 Å². The zero-order valence-corrected chi connectivity index (χ0v) is 33.4. The van der Waals surface area contributed by atoms with Gasteiger partial charge in [0.25, 0.3) is 11.8 Å². The average molecular weight is 783 g/mol. The van der Waals surface area contributed by atoms with E-state index in [2.05, 4.69) is 174 Å². The van der Waals surface area contributed by atoms with Gasteiger partial charge in [-0.05, 0) is 104 Å². The van der Waals surface area contributed by atoms with Crippen molar-refractivity contribution in [2.45, 2.75) is 0 Å². The first-order chi connectivity index (χ1) is 30.0. The van der Waals surface area contributed by atoms with Crippen LogP contribution in [0.3, 0.4) is 0 Å². The molecule has 4 heteroatoms. The van der Waals surface area contributed by atoms with Gasteiger partial charge in [-0.15, -0.1) is 0 Å². The molecular formula is C57H38N2O2. The average Bonchev–Trinajstić information content (AvgIpc) is 3.79. The molecule has 11 rings (SSSR count). The SMILES string of the molecule is CN1C(=O)c2cccc(-n3c4c(-c5cc(-c6ccccc6)cc(-c6ccccc6)c5)cccc4c4cccc(-c5cc(-c6ccccc6)cc(-c6ccccc6)c5)c43)c2C1=O. The van der Waals surface area contributed by atoms with Gasteiger partial charge in [-0.3, -0.25) is 14.5 Å². The summed E-state index contributed by atoms with van der Waals surface area (Å²) in [5, 5.41) is 2.09. The van der Waals surface area contributed by atoms with Gasteiger partial charge in [-0.2, -0.15) is 0 Å². The standard InChI is InChI=1S/C57H38N2O2/c1-58-56(60)51-29-16-30-52(53(51)57(58)61)59-54-47(45-33-41(37-17-6-2-7-18-37)31-42(34-45)38-19-8-3-9-20-38)25-14-27-49(54)50-28-15-26-48(55(50)59)46-35-43(39-21-10-4-11-22-39)32-44(36-46)40-23-12-5-13-24-40/h2-36H,1H3. The lowest BCUT2D eigenvalue weighted by Crippen LogP contribution is -2.24. The first-order valence-electron chi connectivity index (χ1n) is 20.6. The van der Waals surface area contributed by atoms with Crippen molar-refractivity contribution in [1.82, 2.24) is 9.47 Å². The number of imide groups is 1. The van der Waals surface area contributed by atoms with Crippen LogP contribution < -0.4 is 0 Å². The fourth-order valence-corrected chi connectivity index (χ4v) is 9.15. The molecule has 0 unspecified atom stereocenters. The molecule has 1 aliphatic heterocycles. The Morgan fingerprint density at radius 3 is 1.05 bits per heavy atom. The summed E-state index contributed by atoms with van der Waals surface area (Å²) in [5.74, 6) is -0.607. The van der Waals surface area contributed by atoms with Crippen molar-refractivity contribution in [3.8, 4) is 72.4 Å². The molecule has 1 aliphatic rings. The van der Waals surface area contributed by atoms with Crippen LogP contribution in [0.1, 0.15) is 20.7 Å². The summed E-state index contributed by atoms with van der Waals surface area (Å²) in [6.45, 7) is 0. The number of para-hydroxylation sites is 2. The first-order valence-corrected chi connectivity index (χ1v) is 20.6. The summed E-state index contributed by atoms with van der Waals surface area (Å²) >= 11 is 0. The maximum absolute atomic E-state index is 14.2. The van der Waals surface area contributed by atoms with Crippen LogP contribution in [0.5, 0.6) is 0 Å². The minimum atomic E-state index is -0.310. The lowest BCUT2D eigenvalue weighted by molar-refractivity contribution is 0.0693. The molecule has 4 nitrogen and oxygen atoms in total. The van der Waals surface area contributed by atoms with Gasteiger partial charge in [0.2, 0.25) is 0 Å². The number of nitrogens with zero attached hydrogens (tertiary/aromatic N) is 2. The molecule has 0 saturated carbocycles. The van der Waals surface area contributed by atoms with Crippen LogP contribution in [-0.2, 0) is 0 Å². The molecule has 1 aromatic heterocycles. The maximum Gasteiger partial charge on any atom is 0.263 e. The fourth-order valence-electron chi connectivity index (χ4n) is 9.15. The highest BCUT2D eigenvalue weighted by Crippen LogP contribution is 2.46. The molecule has 0 N–H and O–H groups in total. The topological polar surface area (TPSA) is 42.3 Å². The van der Waals surface area contributed by atoms with Crippen LogP contribution in [0.4, 0.5) is 0 Å². The second-order valence-electron chi connectivity index (χ2n) is 15.7. The van der Waals surface area contributed by atoms with Gasteiger partial charge in [-0.1, -0.05) is 164 Å². The molecule has 0 spiro atoms. The molecule has 2 heterocycles. The maximum atomic E-state index is 14.2. The third-order valence-corrected chi connectivity index (χ3v) is 12.1. The molecule has 10 aromatic rings. The first kappa shape index (κ1) is 36.0. The highest BCUT2D eigenvalue weighted by molar-refractivity contribution is 6.24. The quantitative estimate of drug-likeness (QED) is 0.151. The molecule has 0 atom stereocenters. The van der Waals surface area contributed by atoms with Gasteiger partial charge < -0.3 is 4.57 Å². The number of carbonyl (C=O) groups excluding carboxylic acids is 2. The highest BCUT2D eigenvalue weighted by atomic mass is 16.2. The second kappa shape index (κ2) is 14.6. The Balaban J connectivity index is 1.26. The lowest BCUT2D eigenvalue weighted by Gasteiger charge is -2.18. The molecule has 9 aromatic carbocycles. The Hall–Kier alpha value is -8.08. The van der Waals surface area contributed by atoms with Crippen LogP contribution >= 0.6 is 0 Å². The molecule has 0 saturated heterocycles. The number of hydrogen-bond donors (Lipinski definition) is 0. The summed E-state index contributed by atoms with van der Waals surface area (Å²) in [6, 6.07) is 74.2. The zero-order valence-electron chi connectivity index (χ0n) is 33.4. The van der Waals surface area contributed by atoms with E-state index in [-0.39, 0.29) is 11.8 Å². The van der Waals surface area contributed by atoms with E-state index in [1.807, 2.05) is 36.4 Å². The number of rotatable bonds is 7. The Labute approximate surface area is 354 Å². The van der Waals surface area contributed by atoms with Crippen molar-refractivity contribution in [1.29, 1.82) is 0 Å². The predicted molar refractivity (Wildman–Crippen MR) is 250 cm³/mol. The normalized spacial score (nSPS) is 12.4. The molecule has 288 valence electrons. The van der Waals surface area contributed by atoms with E-state index >= 15 is 0 Å². The van der Waals surface area contributed by atoms with Gasteiger partial charge in [0, 0.05) is 28.9 Å². The van der Waals surface area contributed by atoms with E-state index in [1.54, 1.807) is 13.1 Å². The van der Waals surface area contributed by atoms with Gasteiger partial charge in [0.1, 0.15) is 0 Å². The largest absolute Gasteiger partial charge is 0.307 e. The van der Waals surface area contributed by atoms with Crippen molar-refractivity contribution in [2.24, 2.45) is 0 Å². The van der Waals surface area contributed by atoms with Gasteiger partial charge >= 0.3 is 0 Å². The molecule has 61 heavy (non-hydrogen) atoms. The van der Waals surface area contributed by atoms with Crippen molar-refractivity contribution in [3.05, 3.63) is 223 Å². The van der Waals surface area contributed by atoms with Crippen LogP contribution in [0, 0.1) is 0 Å². The summed E-state index contributed by atoms with van der Waals surface area (Å²) in [6.07, 6.45) is 0. The third kappa shape index (κ3) is 6.08. The van der Waals surface area contributed by atoms with E-state index in [1.165, 1.54) is 4.90 Å². The number of fused-ring (bicyclic) bond motifs is 4. The highest BCUT2D eigenvalue weighted by Gasteiger charge is 2.36. The fraction of sp³-hybridized carbons (Fsp3) is 0.0175. The van der Waals surface area contributed by atoms with Crippen molar-refractivity contribution in [3.63, 3.8) is 0 Å². The minimum Gasteiger partial charge on any atom is -0.307 e. The lowest BCUT2D eigenvalue weighted by atomic mass is 9.92. The molecule has 0 aliphatic carbocycles. The number of aromatic nitrogens is 1. The van der Waals surface area contributed by atoms with Crippen LogP contribution in [0.15, 0.2) is 212 Å². The van der Waals surface area contributed by atoms with Crippen LogP contribution in [0.2, 0.25) is 0 Å². The number of benzene rings is 9. The summed E-state index contributed by atoms with van der Waals surface area (Å²) in [7, 11) is 1.57. The van der Waals surface area contributed by atoms with E-state index in [0.717, 1.165) is 88.6 Å². The Morgan fingerprint density at radius 2 is 0.656 bits per heavy atom. The second-order valence-corrected chi connectivity index (χ2v) is 15.7. The molecule has 0 bridgehead atoms. The van der Waals surface area contributed by atoms with Gasteiger partial charge in [0.15, 0.2) is 0 Å². The van der Waals surface area contributed by atoms with E-state index < -0.39 is 0 Å². The predicted octanol–water partition coefficient (Wildman–Crippen LogP) is 14.0. The summed E-state index contributed by atoms with van der Waals surface area (Å²) in [4.78, 5) is 29.1. The molecule has 0 fully saturated rings. The Kier molecular flexibility index (Phi) is 8.64. The van der Waals surface area contributed by atoms with Gasteiger partial charge in [0.05, 0.1) is 27.8 Å². The summed E-state index contributed by atoms with van der Waals surface area (Å²) in [5.41, 5.74) is 16.4. The van der Waals surface area contributed by atoms with Crippen molar-refractivity contribution in [2.75, 3.05) is 7.05 Å². The third-order valence-electron chi connectivity index (χ3n) is 12.1. The van der Waals surface area contributed by atoms with Crippen LogP contribution in [-0.4, -0.2) is 28.3 Å². The monoisotopic (exact) mass is 782 g/mol. The van der Waals surface area contributed by atoms with E-state index in [0.29, 0.717) is 16.8 Å². The number of carbonyl (C=O) groups is 2. The van der Waals surface area contributed by atoms with Crippen LogP contribution in [0.25, 0.3) is 94.3 Å². The zero-order chi connectivity index (χ0) is 41.0. The van der Waals surface area contributed by atoms with E-state index in [9.17, 15) is 9.59 Å². The molecule has 0 radical (unpaired) electrons. The summed E-state index contributed by atoms with van der Waals surface area (Å²) < 4.78 is 2.26. The number of amides is 2. The smallest absolute Gasteiger partial charge is 0.263 e. The molecular weight excluding hydrogens is 745 g/mol. The Morgan fingerprint density at radius 1 is 0.311 bits per heavy atom. The molecule has 2 amide bonds. The number of hydrogen-bond acceptors (Lipinski definition) is 2. The van der Waals surface area contributed by atoms with Crippen molar-refractivity contribution >= 4 is 33.6 Å². The minimum absolute atomic E-state index is 0.297. The van der Waals surface area contributed by atoms with Crippen molar-refractivity contribution < 1.29 is 9.59 Å².